The zero-order valence-corrected chi connectivity index (χ0v) is 19.6. The van der Waals surface area contributed by atoms with Gasteiger partial charge >= 0.3 is 0 Å². The summed E-state index contributed by atoms with van der Waals surface area (Å²) < 4.78 is 29.8. The summed E-state index contributed by atoms with van der Waals surface area (Å²) in [6.07, 6.45) is -0.224. The highest BCUT2D eigenvalue weighted by Crippen LogP contribution is 2.15. The van der Waals surface area contributed by atoms with E-state index >= 15 is 0 Å². The molecule has 1 N–H and O–H groups in total. The van der Waals surface area contributed by atoms with Gasteiger partial charge < -0.3 is 24.2 Å². The van der Waals surface area contributed by atoms with Crippen LogP contribution in [-0.4, -0.2) is 54.4 Å². The zero-order valence-electron chi connectivity index (χ0n) is 17.2. The van der Waals surface area contributed by atoms with Crippen molar-refractivity contribution in [3.63, 3.8) is 0 Å². The van der Waals surface area contributed by atoms with Crippen molar-refractivity contribution in [2.45, 2.75) is 33.4 Å². The van der Waals surface area contributed by atoms with Crippen LogP contribution in [0, 0.1) is 5.82 Å². The number of guanidine groups is 1. The standard InChI is InChI=1S/C19H28FN5O3.HI/c1-5-21-19(22-13-17-23-18(24-28-17)14(3)26-6-2)25(4)11-12-27-16-10-8-7-9-15(16)20;/h7-10,14H,5-6,11-13H2,1-4H3,(H,21,22);1H. The third kappa shape index (κ3) is 8.13. The fourth-order valence-electron chi connectivity index (χ4n) is 2.39. The fraction of sp³-hybridized carbons (Fsp3) is 0.526. The molecule has 0 spiro atoms. The minimum Gasteiger partial charge on any atom is -0.489 e. The Morgan fingerprint density at radius 1 is 1.34 bits per heavy atom. The summed E-state index contributed by atoms with van der Waals surface area (Å²) in [5.41, 5.74) is 0. The topological polar surface area (TPSA) is 85.0 Å². The average Bonchev–Trinajstić information content (AvgIpc) is 3.16. The van der Waals surface area contributed by atoms with Gasteiger partial charge in [-0.1, -0.05) is 17.3 Å². The highest BCUT2D eigenvalue weighted by atomic mass is 127. The van der Waals surface area contributed by atoms with Crippen LogP contribution in [0.3, 0.4) is 0 Å². The predicted molar refractivity (Wildman–Crippen MR) is 119 cm³/mol. The molecule has 1 unspecified atom stereocenters. The molecule has 1 aromatic carbocycles. The lowest BCUT2D eigenvalue weighted by Crippen LogP contribution is -2.40. The molecule has 0 fully saturated rings. The van der Waals surface area contributed by atoms with Crippen LogP contribution in [0.2, 0.25) is 0 Å². The van der Waals surface area contributed by atoms with E-state index in [4.69, 9.17) is 14.0 Å². The van der Waals surface area contributed by atoms with E-state index in [2.05, 4.69) is 20.4 Å². The van der Waals surface area contributed by atoms with Gasteiger partial charge in [-0.3, -0.25) is 0 Å². The van der Waals surface area contributed by atoms with E-state index in [1.54, 1.807) is 18.2 Å². The van der Waals surface area contributed by atoms with Gasteiger partial charge in [-0.05, 0) is 32.9 Å². The molecule has 10 heteroatoms. The summed E-state index contributed by atoms with van der Waals surface area (Å²) in [5, 5.41) is 7.12. The lowest BCUT2D eigenvalue weighted by molar-refractivity contribution is 0.0683. The van der Waals surface area contributed by atoms with E-state index in [0.29, 0.717) is 44.0 Å². The molecule has 2 aromatic rings. The van der Waals surface area contributed by atoms with Gasteiger partial charge in [0.05, 0.1) is 6.54 Å². The van der Waals surface area contributed by atoms with Crippen LogP contribution in [0.5, 0.6) is 5.75 Å². The molecule has 1 heterocycles. The minimum absolute atomic E-state index is 0. The molecule has 0 radical (unpaired) electrons. The highest BCUT2D eigenvalue weighted by molar-refractivity contribution is 14.0. The molecule has 1 aromatic heterocycles. The Morgan fingerprint density at radius 2 is 2.10 bits per heavy atom. The number of hydrogen-bond acceptors (Lipinski definition) is 6. The van der Waals surface area contributed by atoms with E-state index in [-0.39, 0.29) is 48.2 Å². The highest BCUT2D eigenvalue weighted by Gasteiger charge is 2.14. The van der Waals surface area contributed by atoms with Crippen molar-refractivity contribution in [1.29, 1.82) is 0 Å². The Balaban J connectivity index is 0.00000420. The first-order chi connectivity index (χ1) is 13.5. The van der Waals surface area contributed by atoms with Gasteiger partial charge in [0, 0.05) is 20.2 Å². The number of ether oxygens (including phenoxy) is 2. The maximum absolute atomic E-state index is 13.6. The second-order valence-electron chi connectivity index (χ2n) is 6.01. The first-order valence-electron chi connectivity index (χ1n) is 9.36. The van der Waals surface area contributed by atoms with Crippen LogP contribution in [0.4, 0.5) is 4.39 Å². The molecule has 0 saturated heterocycles. The largest absolute Gasteiger partial charge is 0.489 e. The van der Waals surface area contributed by atoms with Crippen molar-refractivity contribution in [3.05, 3.63) is 41.8 Å². The second kappa shape index (κ2) is 13.3. The summed E-state index contributed by atoms with van der Waals surface area (Å²) in [4.78, 5) is 10.7. The molecule has 8 nitrogen and oxygen atoms in total. The molecule has 2 rings (SSSR count). The monoisotopic (exact) mass is 521 g/mol. The Labute approximate surface area is 187 Å². The summed E-state index contributed by atoms with van der Waals surface area (Å²) in [7, 11) is 1.88. The molecular weight excluding hydrogens is 492 g/mol. The SMILES string of the molecule is CCNC(=NCc1nc(C(C)OCC)no1)N(C)CCOc1ccccc1F.I. The molecule has 1 atom stereocenters. The lowest BCUT2D eigenvalue weighted by Gasteiger charge is -2.22. The van der Waals surface area contributed by atoms with E-state index < -0.39 is 0 Å². The number of para-hydroxylation sites is 1. The van der Waals surface area contributed by atoms with Crippen molar-refractivity contribution in [2.24, 2.45) is 4.99 Å². The molecule has 0 bridgehead atoms. The Morgan fingerprint density at radius 3 is 2.79 bits per heavy atom. The first kappa shape index (κ1) is 25.1. The quantitative estimate of drug-likeness (QED) is 0.292. The van der Waals surface area contributed by atoms with Crippen LogP contribution in [0.1, 0.15) is 38.6 Å². The smallest absolute Gasteiger partial charge is 0.248 e. The molecule has 162 valence electrons. The number of rotatable bonds is 10. The molecular formula is C19H29FIN5O3. The summed E-state index contributed by atoms with van der Waals surface area (Å²) >= 11 is 0. The number of nitrogens with one attached hydrogen (secondary N) is 1. The van der Waals surface area contributed by atoms with Crippen molar-refractivity contribution in [2.75, 3.05) is 33.4 Å². The normalized spacial score (nSPS) is 12.2. The van der Waals surface area contributed by atoms with E-state index in [1.807, 2.05) is 32.7 Å². The van der Waals surface area contributed by atoms with Crippen molar-refractivity contribution in [1.82, 2.24) is 20.4 Å². The van der Waals surface area contributed by atoms with Gasteiger partial charge in [-0.25, -0.2) is 9.38 Å². The van der Waals surface area contributed by atoms with Crippen LogP contribution in [0.25, 0.3) is 0 Å². The van der Waals surface area contributed by atoms with Crippen molar-refractivity contribution < 1.29 is 18.4 Å². The number of halogens is 2. The molecule has 0 aliphatic heterocycles. The third-order valence-corrected chi connectivity index (χ3v) is 3.85. The summed E-state index contributed by atoms with van der Waals surface area (Å²) in [6, 6.07) is 6.34. The molecule has 0 aliphatic rings. The number of hydrogen-bond donors (Lipinski definition) is 1. The van der Waals surface area contributed by atoms with Crippen molar-refractivity contribution in [3.8, 4) is 5.75 Å². The second-order valence-corrected chi connectivity index (χ2v) is 6.01. The maximum atomic E-state index is 13.6. The summed E-state index contributed by atoms with van der Waals surface area (Å²) in [5.74, 6) is 1.44. The number of likely N-dealkylation sites (N-methyl/N-ethyl adjacent to an activating group) is 1. The lowest BCUT2D eigenvalue weighted by atomic mass is 10.3. The number of nitrogens with zero attached hydrogens (tertiary/aromatic N) is 4. The number of aromatic nitrogens is 2. The van der Waals surface area contributed by atoms with Gasteiger partial charge in [0.1, 0.15) is 19.3 Å². The zero-order chi connectivity index (χ0) is 20.4. The first-order valence-corrected chi connectivity index (χ1v) is 9.36. The summed E-state index contributed by atoms with van der Waals surface area (Å²) in [6.45, 7) is 8.13. The van der Waals surface area contributed by atoms with Gasteiger partial charge in [0.15, 0.2) is 23.4 Å². The van der Waals surface area contributed by atoms with Crippen LogP contribution in [-0.2, 0) is 11.3 Å². The number of benzene rings is 1. The van der Waals surface area contributed by atoms with Crippen LogP contribution in [0.15, 0.2) is 33.8 Å². The van der Waals surface area contributed by atoms with E-state index in [0.717, 1.165) is 0 Å². The molecule has 0 amide bonds. The maximum Gasteiger partial charge on any atom is 0.248 e. The number of aliphatic imine (C=N–C) groups is 1. The van der Waals surface area contributed by atoms with E-state index in [1.165, 1.54) is 6.07 Å². The predicted octanol–water partition coefficient (Wildman–Crippen LogP) is 3.40. The fourth-order valence-corrected chi connectivity index (χ4v) is 2.39. The van der Waals surface area contributed by atoms with Gasteiger partial charge in [-0.15, -0.1) is 24.0 Å². The van der Waals surface area contributed by atoms with Gasteiger partial charge in [0.2, 0.25) is 5.89 Å². The Kier molecular flexibility index (Phi) is 11.5. The average molecular weight is 521 g/mol. The third-order valence-electron chi connectivity index (χ3n) is 3.85. The van der Waals surface area contributed by atoms with Crippen LogP contribution < -0.4 is 10.1 Å². The Hall–Kier alpha value is -1.95. The van der Waals surface area contributed by atoms with Crippen molar-refractivity contribution >= 4 is 29.9 Å². The molecule has 29 heavy (non-hydrogen) atoms. The van der Waals surface area contributed by atoms with Gasteiger partial charge in [0.25, 0.3) is 0 Å². The van der Waals surface area contributed by atoms with Crippen LogP contribution >= 0.6 is 24.0 Å². The molecule has 0 saturated carbocycles. The Bertz CT molecular complexity index is 759. The van der Waals surface area contributed by atoms with E-state index in [9.17, 15) is 4.39 Å². The minimum atomic E-state index is -0.376. The van der Waals surface area contributed by atoms with Gasteiger partial charge in [-0.2, -0.15) is 4.98 Å². The molecule has 0 aliphatic carbocycles.